The summed E-state index contributed by atoms with van der Waals surface area (Å²) in [7, 11) is 1.75. The molecule has 2 aromatic carbocycles. The molecule has 0 fully saturated rings. The van der Waals surface area contributed by atoms with Crippen LogP contribution in [0.25, 0.3) is 0 Å². The van der Waals surface area contributed by atoms with Gasteiger partial charge in [0.1, 0.15) is 13.2 Å². The molecule has 0 saturated heterocycles. The number of carbonyl (C=O) groups excluding carboxylic acids is 2. The SMILES string of the molecule is CN(Cc1ccc2c(c1)OCCO2)C(=O)CSCC(=O)Nc1cccc(Br)c1. The summed E-state index contributed by atoms with van der Waals surface area (Å²) in [4.78, 5) is 26.0. The maximum atomic E-state index is 12.3. The molecule has 6 nitrogen and oxygen atoms in total. The molecule has 148 valence electrons. The zero-order valence-corrected chi connectivity index (χ0v) is 17.8. The standard InChI is InChI=1S/C20H21BrN2O4S/c1-23(11-14-5-6-17-18(9-14)27-8-7-26-17)20(25)13-28-12-19(24)22-16-4-2-3-15(21)10-16/h2-6,9-10H,7-8,11-13H2,1H3,(H,22,24). The first-order valence-electron chi connectivity index (χ1n) is 8.77. The maximum Gasteiger partial charge on any atom is 0.234 e. The lowest BCUT2D eigenvalue weighted by Crippen LogP contribution is -2.28. The molecule has 0 saturated carbocycles. The van der Waals surface area contributed by atoms with Crippen molar-refractivity contribution in [3.8, 4) is 11.5 Å². The predicted molar refractivity (Wildman–Crippen MR) is 114 cm³/mol. The second-order valence-electron chi connectivity index (χ2n) is 6.28. The summed E-state index contributed by atoms with van der Waals surface area (Å²) in [5.74, 6) is 1.74. The monoisotopic (exact) mass is 464 g/mol. The molecule has 0 spiro atoms. The average Bonchev–Trinajstić information content (AvgIpc) is 2.67. The zero-order chi connectivity index (χ0) is 19.9. The Morgan fingerprint density at radius 2 is 1.89 bits per heavy atom. The molecule has 0 unspecified atom stereocenters. The van der Waals surface area contributed by atoms with E-state index in [1.54, 1.807) is 11.9 Å². The minimum atomic E-state index is -0.134. The van der Waals surface area contributed by atoms with Crippen molar-refractivity contribution in [2.45, 2.75) is 6.54 Å². The fraction of sp³-hybridized carbons (Fsp3) is 0.300. The summed E-state index contributed by atoms with van der Waals surface area (Å²) in [6.07, 6.45) is 0. The van der Waals surface area contributed by atoms with Crippen LogP contribution in [0.4, 0.5) is 5.69 Å². The number of hydrogen-bond acceptors (Lipinski definition) is 5. The third kappa shape index (κ3) is 5.90. The number of amides is 2. The highest BCUT2D eigenvalue weighted by Gasteiger charge is 2.15. The molecule has 3 rings (SSSR count). The number of benzene rings is 2. The molecule has 1 N–H and O–H groups in total. The van der Waals surface area contributed by atoms with E-state index in [0.717, 1.165) is 21.5 Å². The number of nitrogens with one attached hydrogen (secondary N) is 1. The van der Waals surface area contributed by atoms with Gasteiger partial charge in [-0.2, -0.15) is 0 Å². The summed E-state index contributed by atoms with van der Waals surface area (Å²) in [5.41, 5.74) is 1.69. The summed E-state index contributed by atoms with van der Waals surface area (Å²) < 4.78 is 12.0. The number of fused-ring (bicyclic) bond motifs is 1. The van der Waals surface area contributed by atoms with E-state index >= 15 is 0 Å². The van der Waals surface area contributed by atoms with Gasteiger partial charge in [-0.1, -0.05) is 28.1 Å². The van der Waals surface area contributed by atoms with Crippen LogP contribution in [0.2, 0.25) is 0 Å². The Morgan fingerprint density at radius 1 is 1.11 bits per heavy atom. The number of nitrogens with zero attached hydrogens (tertiary/aromatic N) is 1. The first kappa shape index (κ1) is 20.5. The fourth-order valence-electron chi connectivity index (χ4n) is 2.65. The fourth-order valence-corrected chi connectivity index (χ4v) is 3.81. The zero-order valence-electron chi connectivity index (χ0n) is 15.4. The number of carbonyl (C=O) groups is 2. The van der Waals surface area contributed by atoms with E-state index in [0.29, 0.717) is 25.5 Å². The number of halogens is 1. The number of thioether (sulfide) groups is 1. The lowest BCUT2D eigenvalue weighted by atomic mass is 10.2. The maximum absolute atomic E-state index is 12.3. The van der Waals surface area contributed by atoms with Crippen LogP contribution >= 0.6 is 27.7 Å². The van der Waals surface area contributed by atoms with Gasteiger partial charge in [0.2, 0.25) is 11.8 Å². The van der Waals surface area contributed by atoms with Gasteiger partial charge in [-0.15, -0.1) is 11.8 Å². The van der Waals surface area contributed by atoms with Crippen LogP contribution in [0, 0.1) is 0 Å². The Kier molecular flexibility index (Phi) is 7.22. The van der Waals surface area contributed by atoms with Crippen LogP contribution in [0.1, 0.15) is 5.56 Å². The molecule has 1 aliphatic rings. The molecule has 0 bridgehead atoms. The summed E-state index contributed by atoms with van der Waals surface area (Å²) >= 11 is 4.66. The molecule has 2 amide bonds. The molecule has 1 heterocycles. The summed E-state index contributed by atoms with van der Waals surface area (Å²) in [6.45, 7) is 1.56. The van der Waals surface area contributed by atoms with Gasteiger partial charge in [-0.25, -0.2) is 0 Å². The number of ether oxygens (including phenoxy) is 2. The van der Waals surface area contributed by atoms with E-state index in [1.807, 2.05) is 42.5 Å². The smallest absolute Gasteiger partial charge is 0.234 e. The third-order valence-corrected chi connectivity index (χ3v) is 5.43. The molecule has 1 aliphatic heterocycles. The van der Waals surface area contributed by atoms with Crippen molar-refractivity contribution < 1.29 is 19.1 Å². The van der Waals surface area contributed by atoms with Crippen molar-refractivity contribution >= 4 is 45.2 Å². The van der Waals surface area contributed by atoms with Crippen molar-refractivity contribution in [3.63, 3.8) is 0 Å². The van der Waals surface area contributed by atoms with Gasteiger partial charge in [0.15, 0.2) is 11.5 Å². The molecular weight excluding hydrogens is 444 g/mol. The van der Waals surface area contributed by atoms with Gasteiger partial charge in [-0.05, 0) is 35.9 Å². The van der Waals surface area contributed by atoms with E-state index in [1.165, 1.54) is 11.8 Å². The van der Waals surface area contributed by atoms with Gasteiger partial charge in [0.05, 0.1) is 11.5 Å². The minimum Gasteiger partial charge on any atom is -0.486 e. The first-order chi connectivity index (χ1) is 13.5. The molecule has 0 atom stereocenters. The summed E-state index contributed by atoms with van der Waals surface area (Å²) in [5, 5.41) is 2.81. The normalized spacial score (nSPS) is 12.4. The number of rotatable bonds is 7. The second-order valence-corrected chi connectivity index (χ2v) is 8.18. The highest BCUT2D eigenvalue weighted by atomic mass is 79.9. The van der Waals surface area contributed by atoms with Crippen LogP contribution in [-0.4, -0.2) is 48.5 Å². The lowest BCUT2D eigenvalue weighted by Gasteiger charge is -2.21. The predicted octanol–water partition coefficient (Wildman–Crippen LogP) is 3.55. The van der Waals surface area contributed by atoms with Crippen LogP contribution in [0.15, 0.2) is 46.9 Å². The van der Waals surface area contributed by atoms with Gasteiger partial charge >= 0.3 is 0 Å². The van der Waals surface area contributed by atoms with E-state index < -0.39 is 0 Å². The Balaban J connectivity index is 1.42. The van der Waals surface area contributed by atoms with Gasteiger partial charge in [0.25, 0.3) is 0 Å². The molecule has 2 aromatic rings. The molecule has 0 aliphatic carbocycles. The van der Waals surface area contributed by atoms with E-state index in [4.69, 9.17) is 9.47 Å². The van der Waals surface area contributed by atoms with Crippen LogP contribution in [0.5, 0.6) is 11.5 Å². The highest BCUT2D eigenvalue weighted by molar-refractivity contribution is 9.10. The number of hydrogen-bond donors (Lipinski definition) is 1. The van der Waals surface area contributed by atoms with Crippen molar-refractivity contribution in [2.75, 3.05) is 37.1 Å². The Bertz CT molecular complexity index is 862. The van der Waals surface area contributed by atoms with Crippen molar-refractivity contribution in [1.82, 2.24) is 4.90 Å². The van der Waals surface area contributed by atoms with E-state index in [9.17, 15) is 9.59 Å². The third-order valence-electron chi connectivity index (χ3n) is 4.02. The van der Waals surface area contributed by atoms with Gasteiger partial charge in [0, 0.05) is 23.8 Å². The van der Waals surface area contributed by atoms with Crippen molar-refractivity contribution in [2.24, 2.45) is 0 Å². The largest absolute Gasteiger partial charge is 0.486 e. The Hall–Kier alpha value is -2.19. The molecule has 0 aromatic heterocycles. The molecule has 8 heteroatoms. The second kappa shape index (κ2) is 9.84. The van der Waals surface area contributed by atoms with Crippen LogP contribution in [0.3, 0.4) is 0 Å². The first-order valence-corrected chi connectivity index (χ1v) is 10.7. The highest BCUT2D eigenvalue weighted by Crippen LogP contribution is 2.31. The van der Waals surface area contributed by atoms with Crippen molar-refractivity contribution in [3.05, 3.63) is 52.5 Å². The Morgan fingerprint density at radius 3 is 2.68 bits per heavy atom. The average molecular weight is 465 g/mol. The van der Waals surface area contributed by atoms with Crippen LogP contribution in [-0.2, 0) is 16.1 Å². The van der Waals surface area contributed by atoms with E-state index in [2.05, 4.69) is 21.2 Å². The number of anilines is 1. The molecule has 0 radical (unpaired) electrons. The topological polar surface area (TPSA) is 67.9 Å². The van der Waals surface area contributed by atoms with Gasteiger partial charge in [-0.3, -0.25) is 9.59 Å². The lowest BCUT2D eigenvalue weighted by molar-refractivity contribution is -0.127. The van der Waals surface area contributed by atoms with Gasteiger partial charge < -0.3 is 19.7 Å². The van der Waals surface area contributed by atoms with Crippen LogP contribution < -0.4 is 14.8 Å². The molecular formula is C20H21BrN2O4S. The summed E-state index contributed by atoms with van der Waals surface area (Å²) in [6, 6.07) is 13.1. The minimum absolute atomic E-state index is 0.0323. The Labute approximate surface area is 176 Å². The van der Waals surface area contributed by atoms with Crippen molar-refractivity contribution in [1.29, 1.82) is 0 Å². The molecule has 28 heavy (non-hydrogen) atoms. The quantitative estimate of drug-likeness (QED) is 0.678. The van der Waals surface area contributed by atoms with E-state index in [-0.39, 0.29) is 23.3 Å².